The van der Waals surface area contributed by atoms with Gasteiger partial charge in [0.05, 0.1) is 23.1 Å². The van der Waals surface area contributed by atoms with Crippen molar-refractivity contribution in [2.24, 2.45) is 5.92 Å². The van der Waals surface area contributed by atoms with E-state index in [-0.39, 0.29) is 23.4 Å². The number of halogens is 1. The normalized spacial score (nSPS) is 21.8. The zero-order valence-electron chi connectivity index (χ0n) is 17.4. The Labute approximate surface area is 182 Å². The first kappa shape index (κ1) is 22.0. The van der Waals surface area contributed by atoms with Gasteiger partial charge in [0.2, 0.25) is 15.9 Å². The molecule has 2 fully saturated rings. The molecule has 2 saturated heterocycles. The molecular weight excluding hydrogens is 421 g/mol. The topological polar surface area (TPSA) is 82.9 Å². The predicted molar refractivity (Wildman–Crippen MR) is 113 cm³/mol. The Hall–Kier alpha value is -2.23. The molecular formula is C22H28FN3O4S. The van der Waals surface area contributed by atoms with Crippen molar-refractivity contribution < 1.29 is 22.0 Å². The highest BCUT2D eigenvalue weighted by molar-refractivity contribution is 7.89. The summed E-state index contributed by atoms with van der Waals surface area (Å²) >= 11 is 0. The second kappa shape index (κ2) is 9.50. The number of hydrogen-bond acceptors (Lipinski definition) is 5. The van der Waals surface area contributed by atoms with Gasteiger partial charge in [-0.05, 0) is 75.2 Å². The average molecular weight is 450 g/mol. The van der Waals surface area contributed by atoms with Crippen LogP contribution in [0.25, 0.3) is 0 Å². The van der Waals surface area contributed by atoms with Gasteiger partial charge in [-0.2, -0.15) is 4.31 Å². The lowest BCUT2D eigenvalue weighted by molar-refractivity contribution is -0.126. The van der Waals surface area contributed by atoms with E-state index < -0.39 is 21.8 Å². The van der Waals surface area contributed by atoms with Crippen LogP contribution in [0.1, 0.15) is 37.5 Å². The Morgan fingerprint density at radius 2 is 1.87 bits per heavy atom. The molecule has 168 valence electrons. The third-order valence-electron chi connectivity index (χ3n) is 6.13. The second-order valence-corrected chi connectivity index (χ2v) is 10.1. The maximum atomic E-state index is 13.2. The van der Waals surface area contributed by atoms with Crippen molar-refractivity contribution in [3.05, 3.63) is 54.2 Å². The number of nitrogens with zero attached hydrogens (tertiary/aromatic N) is 2. The van der Waals surface area contributed by atoms with Gasteiger partial charge in [0, 0.05) is 19.6 Å². The summed E-state index contributed by atoms with van der Waals surface area (Å²) in [6, 6.07) is 8.54. The zero-order chi connectivity index (χ0) is 21.8. The largest absolute Gasteiger partial charge is 0.468 e. The van der Waals surface area contributed by atoms with Gasteiger partial charge in [0.15, 0.2) is 0 Å². The molecule has 1 aromatic carbocycles. The van der Waals surface area contributed by atoms with E-state index in [1.807, 2.05) is 12.1 Å². The fourth-order valence-electron chi connectivity index (χ4n) is 4.42. The molecule has 7 nitrogen and oxygen atoms in total. The fourth-order valence-corrected chi connectivity index (χ4v) is 5.94. The molecule has 2 aliphatic heterocycles. The maximum Gasteiger partial charge on any atom is 0.243 e. The summed E-state index contributed by atoms with van der Waals surface area (Å²) in [4.78, 5) is 15.3. The van der Waals surface area contributed by atoms with Crippen molar-refractivity contribution in [3.8, 4) is 0 Å². The maximum absolute atomic E-state index is 13.2. The van der Waals surface area contributed by atoms with Crippen molar-refractivity contribution in [1.29, 1.82) is 0 Å². The van der Waals surface area contributed by atoms with E-state index in [0.717, 1.165) is 43.8 Å². The molecule has 0 radical (unpaired) electrons. The monoisotopic (exact) mass is 449 g/mol. The number of sulfonamides is 1. The molecule has 0 unspecified atom stereocenters. The van der Waals surface area contributed by atoms with Crippen LogP contribution in [0.15, 0.2) is 52.0 Å². The summed E-state index contributed by atoms with van der Waals surface area (Å²) in [6.45, 7) is 2.84. The number of furan rings is 1. The minimum atomic E-state index is -3.76. The first-order chi connectivity index (χ1) is 14.9. The number of nitrogens with one attached hydrogen (secondary N) is 1. The van der Waals surface area contributed by atoms with Crippen LogP contribution in [0.5, 0.6) is 0 Å². The lowest BCUT2D eigenvalue weighted by Gasteiger charge is -2.32. The quantitative estimate of drug-likeness (QED) is 0.703. The van der Waals surface area contributed by atoms with Gasteiger partial charge >= 0.3 is 0 Å². The van der Waals surface area contributed by atoms with Crippen LogP contribution in [0.3, 0.4) is 0 Å². The predicted octanol–water partition coefficient (Wildman–Crippen LogP) is 2.77. The lowest BCUT2D eigenvalue weighted by atomic mass is 9.98. The van der Waals surface area contributed by atoms with E-state index in [2.05, 4.69) is 10.2 Å². The number of rotatable bonds is 7. The van der Waals surface area contributed by atoms with Crippen LogP contribution in [0.2, 0.25) is 0 Å². The van der Waals surface area contributed by atoms with Crippen LogP contribution in [0, 0.1) is 11.7 Å². The molecule has 2 aliphatic rings. The van der Waals surface area contributed by atoms with Crippen molar-refractivity contribution in [1.82, 2.24) is 14.5 Å². The minimum absolute atomic E-state index is 0.0240. The number of amides is 1. The highest BCUT2D eigenvalue weighted by Crippen LogP contribution is 2.27. The molecule has 3 heterocycles. The molecule has 2 aromatic rings. The standard InChI is InChI=1S/C22H28FN3O4S/c23-18-7-9-19(10-8-18)31(28,29)26-13-3-5-17(16-26)22(27)24-15-20(21-6-4-14-30-21)25-11-1-2-12-25/h4,6-10,14,17,20H,1-3,5,11-13,15-16H2,(H,24,27)/t17-,20-/m1/s1. The Morgan fingerprint density at radius 3 is 2.55 bits per heavy atom. The Balaban J connectivity index is 1.39. The van der Waals surface area contributed by atoms with Crippen LogP contribution in [-0.4, -0.2) is 56.3 Å². The van der Waals surface area contributed by atoms with Gasteiger partial charge in [0.1, 0.15) is 11.6 Å². The highest BCUT2D eigenvalue weighted by Gasteiger charge is 2.34. The fraction of sp³-hybridized carbons (Fsp3) is 0.500. The SMILES string of the molecule is O=C(NC[C@H](c1ccco1)N1CCCC1)[C@@H]1CCCN(S(=O)(=O)c2ccc(F)cc2)C1. The third-order valence-corrected chi connectivity index (χ3v) is 8.01. The highest BCUT2D eigenvalue weighted by atomic mass is 32.2. The number of carbonyl (C=O) groups is 1. The molecule has 0 aliphatic carbocycles. The molecule has 9 heteroatoms. The first-order valence-corrected chi connectivity index (χ1v) is 12.2. The lowest BCUT2D eigenvalue weighted by Crippen LogP contribution is -2.46. The molecule has 31 heavy (non-hydrogen) atoms. The second-order valence-electron chi connectivity index (χ2n) is 8.18. The van der Waals surface area contributed by atoms with Crippen LogP contribution >= 0.6 is 0 Å². The van der Waals surface area contributed by atoms with Crippen molar-refractivity contribution in [2.75, 3.05) is 32.7 Å². The molecule has 0 bridgehead atoms. The van der Waals surface area contributed by atoms with E-state index in [1.165, 1.54) is 16.4 Å². The number of piperidine rings is 1. The number of hydrogen-bond donors (Lipinski definition) is 1. The third kappa shape index (κ3) is 4.99. The summed E-state index contributed by atoms with van der Waals surface area (Å²) in [6.07, 6.45) is 5.14. The summed E-state index contributed by atoms with van der Waals surface area (Å²) in [7, 11) is -3.76. The molecule has 1 amide bonds. The Morgan fingerprint density at radius 1 is 1.13 bits per heavy atom. The Bertz CT molecular complexity index is 973. The van der Waals surface area contributed by atoms with E-state index >= 15 is 0 Å². The van der Waals surface area contributed by atoms with Crippen LogP contribution in [0.4, 0.5) is 4.39 Å². The zero-order valence-corrected chi connectivity index (χ0v) is 18.2. The van der Waals surface area contributed by atoms with E-state index in [9.17, 15) is 17.6 Å². The van der Waals surface area contributed by atoms with Gasteiger partial charge in [-0.3, -0.25) is 9.69 Å². The smallest absolute Gasteiger partial charge is 0.243 e. The van der Waals surface area contributed by atoms with Gasteiger partial charge < -0.3 is 9.73 Å². The van der Waals surface area contributed by atoms with E-state index in [0.29, 0.717) is 25.9 Å². The molecule has 2 atom stereocenters. The summed E-state index contributed by atoms with van der Waals surface area (Å²) < 4.78 is 45.9. The van der Waals surface area contributed by atoms with Gasteiger partial charge in [-0.1, -0.05) is 0 Å². The van der Waals surface area contributed by atoms with Crippen molar-refractivity contribution in [3.63, 3.8) is 0 Å². The summed E-state index contributed by atoms with van der Waals surface area (Å²) in [5.41, 5.74) is 0. The number of likely N-dealkylation sites (tertiary alicyclic amines) is 1. The minimum Gasteiger partial charge on any atom is -0.468 e. The first-order valence-electron chi connectivity index (χ1n) is 10.8. The van der Waals surface area contributed by atoms with Gasteiger partial charge in [-0.15, -0.1) is 0 Å². The average Bonchev–Trinajstić information content (AvgIpc) is 3.49. The molecule has 1 N–H and O–H groups in total. The Kier molecular flexibility index (Phi) is 6.74. The number of carbonyl (C=O) groups excluding carboxylic acids is 1. The summed E-state index contributed by atoms with van der Waals surface area (Å²) in [5, 5.41) is 3.03. The van der Waals surface area contributed by atoms with E-state index in [4.69, 9.17) is 4.42 Å². The molecule has 4 rings (SSSR count). The van der Waals surface area contributed by atoms with Crippen molar-refractivity contribution in [2.45, 2.75) is 36.6 Å². The molecule has 1 aromatic heterocycles. The molecule has 0 spiro atoms. The molecule has 0 saturated carbocycles. The van der Waals surface area contributed by atoms with Crippen molar-refractivity contribution >= 4 is 15.9 Å². The number of benzene rings is 1. The summed E-state index contributed by atoms with van der Waals surface area (Å²) in [5.74, 6) is -0.222. The van der Waals surface area contributed by atoms with E-state index in [1.54, 1.807) is 6.26 Å². The van der Waals surface area contributed by atoms with Gasteiger partial charge in [0.25, 0.3) is 0 Å². The van der Waals surface area contributed by atoms with Crippen LogP contribution in [-0.2, 0) is 14.8 Å². The van der Waals surface area contributed by atoms with Crippen LogP contribution < -0.4 is 5.32 Å². The van der Waals surface area contributed by atoms with Gasteiger partial charge in [-0.25, -0.2) is 12.8 Å².